The van der Waals surface area contributed by atoms with Gasteiger partial charge in [-0.15, -0.1) is 0 Å². The summed E-state index contributed by atoms with van der Waals surface area (Å²) in [5.74, 6) is 0. The smallest absolute Gasteiger partial charge is 0.0331 e. The molecule has 114 valence electrons. The van der Waals surface area contributed by atoms with E-state index >= 15 is 0 Å². The van der Waals surface area contributed by atoms with Crippen molar-refractivity contribution >= 4 is 0 Å². The van der Waals surface area contributed by atoms with Gasteiger partial charge in [0.15, 0.2) is 0 Å². The van der Waals surface area contributed by atoms with Gasteiger partial charge in [0.2, 0.25) is 0 Å². The van der Waals surface area contributed by atoms with E-state index < -0.39 is 0 Å². The molecular weight excluding hydrogens is 234 g/mol. The van der Waals surface area contributed by atoms with Crippen molar-refractivity contribution in [1.82, 2.24) is 9.80 Å². The van der Waals surface area contributed by atoms with Crippen LogP contribution in [-0.4, -0.2) is 54.6 Å². The van der Waals surface area contributed by atoms with Crippen molar-refractivity contribution in [2.75, 3.05) is 33.2 Å². The summed E-state index contributed by atoms with van der Waals surface area (Å²) in [6.07, 6.45) is 7.55. The fourth-order valence-corrected chi connectivity index (χ4v) is 3.77. The Morgan fingerprint density at radius 3 is 2.00 bits per heavy atom. The minimum Gasteiger partial charge on any atom is -0.329 e. The second-order valence-corrected chi connectivity index (χ2v) is 6.20. The van der Waals surface area contributed by atoms with E-state index in [2.05, 4.69) is 37.6 Å². The van der Waals surface area contributed by atoms with Crippen LogP contribution in [0.2, 0.25) is 0 Å². The predicted molar refractivity (Wildman–Crippen MR) is 84.5 cm³/mol. The van der Waals surface area contributed by atoms with Crippen LogP contribution in [0.15, 0.2) is 0 Å². The lowest BCUT2D eigenvalue weighted by molar-refractivity contribution is 0.0273. The highest BCUT2D eigenvalue weighted by atomic mass is 15.2. The molecule has 0 spiro atoms. The van der Waals surface area contributed by atoms with Crippen LogP contribution in [0.1, 0.15) is 59.3 Å². The molecule has 0 saturated carbocycles. The van der Waals surface area contributed by atoms with Crippen LogP contribution >= 0.6 is 0 Å². The van der Waals surface area contributed by atoms with E-state index in [1.165, 1.54) is 58.2 Å². The summed E-state index contributed by atoms with van der Waals surface area (Å²) in [7, 11) is 2.32. The Kier molecular flexibility index (Phi) is 7.33. The Labute approximate surface area is 120 Å². The Balaban J connectivity index is 2.68. The van der Waals surface area contributed by atoms with Gasteiger partial charge in [0.25, 0.3) is 0 Å². The number of nitrogens with zero attached hydrogens (tertiary/aromatic N) is 2. The number of likely N-dealkylation sites (N-methyl/N-ethyl adjacent to an activating group) is 1. The molecule has 0 amide bonds. The lowest BCUT2D eigenvalue weighted by Crippen LogP contribution is -2.58. The van der Waals surface area contributed by atoms with Gasteiger partial charge < -0.3 is 10.6 Å². The van der Waals surface area contributed by atoms with E-state index in [4.69, 9.17) is 5.73 Å². The highest BCUT2D eigenvalue weighted by molar-refractivity contribution is 4.94. The van der Waals surface area contributed by atoms with E-state index in [0.29, 0.717) is 0 Å². The van der Waals surface area contributed by atoms with Gasteiger partial charge in [-0.05, 0) is 52.4 Å². The average molecular weight is 269 g/mol. The molecule has 1 rings (SSSR count). The molecule has 0 radical (unpaired) electrons. The van der Waals surface area contributed by atoms with Crippen LogP contribution in [0.3, 0.4) is 0 Å². The van der Waals surface area contributed by atoms with Gasteiger partial charge in [0.05, 0.1) is 0 Å². The quantitative estimate of drug-likeness (QED) is 0.735. The molecule has 1 fully saturated rings. The Hall–Kier alpha value is -0.120. The van der Waals surface area contributed by atoms with Gasteiger partial charge in [0.1, 0.15) is 0 Å². The Morgan fingerprint density at radius 2 is 1.63 bits per heavy atom. The van der Waals surface area contributed by atoms with Crippen molar-refractivity contribution in [3.63, 3.8) is 0 Å². The summed E-state index contributed by atoms with van der Waals surface area (Å²) < 4.78 is 0. The standard InChI is InChI=1S/C16H35N3/c1-5-10-16(14-17,11-6-2)18(4)15-8-12-19(7-3)13-9-15/h15H,5-14,17H2,1-4H3. The molecule has 0 unspecified atom stereocenters. The SMILES string of the molecule is CCCC(CN)(CCC)N(C)C1CCN(CC)CC1. The van der Waals surface area contributed by atoms with Crippen LogP contribution < -0.4 is 5.73 Å². The third kappa shape index (κ3) is 4.17. The molecule has 0 aromatic rings. The van der Waals surface area contributed by atoms with Crippen molar-refractivity contribution < 1.29 is 0 Å². The van der Waals surface area contributed by atoms with E-state index in [1.54, 1.807) is 0 Å². The number of hydrogen-bond acceptors (Lipinski definition) is 3. The molecular formula is C16H35N3. The van der Waals surface area contributed by atoms with Crippen molar-refractivity contribution in [3.8, 4) is 0 Å². The number of likely N-dealkylation sites (tertiary alicyclic amines) is 1. The number of hydrogen-bond donors (Lipinski definition) is 1. The number of nitrogens with two attached hydrogens (primary N) is 1. The molecule has 2 N–H and O–H groups in total. The van der Waals surface area contributed by atoms with Crippen LogP contribution in [-0.2, 0) is 0 Å². The zero-order valence-corrected chi connectivity index (χ0v) is 13.6. The highest BCUT2D eigenvalue weighted by Crippen LogP contribution is 2.30. The van der Waals surface area contributed by atoms with Crippen LogP contribution in [0.25, 0.3) is 0 Å². The topological polar surface area (TPSA) is 32.5 Å². The summed E-state index contributed by atoms with van der Waals surface area (Å²) >= 11 is 0. The summed E-state index contributed by atoms with van der Waals surface area (Å²) in [5, 5.41) is 0. The van der Waals surface area contributed by atoms with E-state index in [0.717, 1.165) is 12.6 Å². The van der Waals surface area contributed by atoms with E-state index in [-0.39, 0.29) is 5.54 Å². The first-order valence-electron chi connectivity index (χ1n) is 8.28. The second kappa shape index (κ2) is 8.23. The van der Waals surface area contributed by atoms with E-state index in [1.807, 2.05) is 0 Å². The van der Waals surface area contributed by atoms with Crippen molar-refractivity contribution in [2.24, 2.45) is 5.73 Å². The first-order chi connectivity index (χ1) is 9.13. The fraction of sp³-hybridized carbons (Fsp3) is 1.00. The molecule has 3 nitrogen and oxygen atoms in total. The molecule has 1 aliphatic heterocycles. The molecule has 0 aromatic carbocycles. The maximum Gasteiger partial charge on any atom is 0.0331 e. The third-order valence-electron chi connectivity index (χ3n) is 5.11. The monoisotopic (exact) mass is 269 g/mol. The van der Waals surface area contributed by atoms with Crippen molar-refractivity contribution in [2.45, 2.75) is 70.9 Å². The third-order valence-corrected chi connectivity index (χ3v) is 5.11. The lowest BCUT2D eigenvalue weighted by Gasteiger charge is -2.48. The number of piperidine rings is 1. The number of rotatable bonds is 8. The largest absolute Gasteiger partial charge is 0.329 e. The fourth-order valence-electron chi connectivity index (χ4n) is 3.77. The van der Waals surface area contributed by atoms with Gasteiger partial charge in [-0.1, -0.05) is 33.6 Å². The van der Waals surface area contributed by atoms with Crippen molar-refractivity contribution in [1.29, 1.82) is 0 Å². The maximum absolute atomic E-state index is 6.19. The highest BCUT2D eigenvalue weighted by Gasteiger charge is 2.36. The predicted octanol–water partition coefficient (Wildman–Crippen LogP) is 2.70. The molecule has 19 heavy (non-hydrogen) atoms. The molecule has 0 bridgehead atoms. The first-order valence-corrected chi connectivity index (χ1v) is 8.28. The zero-order valence-electron chi connectivity index (χ0n) is 13.6. The minimum absolute atomic E-state index is 0.239. The first kappa shape index (κ1) is 16.9. The zero-order chi connectivity index (χ0) is 14.3. The van der Waals surface area contributed by atoms with Crippen LogP contribution in [0.5, 0.6) is 0 Å². The molecule has 0 aromatic heterocycles. The molecule has 0 atom stereocenters. The summed E-state index contributed by atoms with van der Waals surface area (Å²) in [6.45, 7) is 11.3. The van der Waals surface area contributed by atoms with Crippen LogP contribution in [0.4, 0.5) is 0 Å². The average Bonchev–Trinajstić information content (AvgIpc) is 2.46. The normalized spacial score (nSPS) is 19.3. The van der Waals surface area contributed by atoms with Crippen LogP contribution in [0, 0.1) is 0 Å². The Morgan fingerprint density at radius 1 is 1.11 bits per heavy atom. The van der Waals surface area contributed by atoms with Gasteiger partial charge in [0, 0.05) is 18.1 Å². The van der Waals surface area contributed by atoms with Crippen molar-refractivity contribution in [3.05, 3.63) is 0 Å². The van der Waals surface area contributed by atoms with Gasteiger partial charge >= 0.3 is 0 Å². The van der Waals surface area contributed by atoms with E-state index in [9.17, 15) is 0 Å². The lowest BCUT2D eigenvalue weighted by atomic mass is 9.84. The molecule has 3 heteroatoms. The van der Waals surface area contributed by atoms with Gasteiger partial charge in [-0.2, -0.15) is 0 Å². The molecule has 0 aliphatic carbocycles. The Bertz CT molecular complexity index is 228. The minimum atomic E-state index is 0.239. The molecule has 1 heterocycles. The second-order valence-electron chi connectivity index (χ2n) is 6.20. The summed E-state index contributed by atoms with van der Waals surface area (Å²) in [5.41, 5.74) is 6.43. The molecule has 1 saturated heterocycles. The molecule has 1 aliphatic rings. The van der Waals surface area contributed by atoms with Gasteiger partial charge in [-0.25, -0.2) is 0 Å². The van der Waals surface area contributed by atoms with Gasteiger partial charge in [-0.3, -0.25) is 4.90 Å². The maximum atomic E-state index is 6.19. The summed E-state index contributed by atoms with van der Waals surface area (Å²) in [4.78, 5) is 5.21. The summed E-state index contributed by atoms with van der Waals surface area (Å²) in [6, 6.07) is 0.726.